The Hall–Kier alpha value is -0.620. The van der Waals surface area contributed by atoms with Gasteiger partial charge in [0, 0.05) is 17.1 Å². The molecule has 0 spiro atoms. The largest absolute Gasteiger partial charge is 0.309 e. The third-order valence-corrected chi connectivity index (χ3v) is 4.20. The summed E-state index contributed by atoms with van der Waals surface area (Å²) in [6, 6.07) is 5.64. The minimum atomic E-state index is 0.0769. The number of hydrogen-bond acceptors (Lipinski definition) is 3. The maximum Gasteiger partial charge on any atom is 0.153 e. The number of hydrogen-bond donors (Lipinski definition) is 1. The number of aromatic nitrogens is 3. The van der Waals surface area contributed by atoms with Crippen molar-refractivity contribution in [1.29, 1.82) is 0 Å². The van der Waals surface area contributed by atoms with Gasteiger partial charge >= 0.3 is 0 Å². The second-order valence-electron chi connectivity index (χ2n) is 4.44. The first kappa shape index (κ1) is 15.8. The molecular formula is C13H15BrCl2N4. The molecule has 1 N–H and O–H groups in total. The van der Waals surface area contributed by atoms with Crippen molar-refractivity contribution in [1.82, 2.24) is 20.3 Å². The van der Waals surface area contributed by atoms with E-state index in [1.165, 1.54) is 0 Å². The molecule has 20 heavy (non-hydrogen) atoms. The molecule has 0 aliphatic rings. The van der Waals surface area contributed by atoms with E-state index in [9.17, 15) is 0 Å². The first-order chi connectivity index (χ1) is 9.52. The summed E-state index contributed by atoms with van der Waals surface area (Å²) in [4.78, 5) is 0. The molecule has 0 amide bonds. The fourth-order valence-corrected chi connectivity index (χ4v) is 3.22. The monoisotopic (exact) mass is 376 g/mol. The lowest BCUT2D eigenvalue weighted by molar-refractivity contribution is 0.505. The maximum absolute atomic E-state index is 6.25. The van der Waals surface area contributed by atoms with Gasteiger partial charge in [-0.05, 0) is 46.6 Å². The summed E-state index contributed by atoms with van der Waals surface area (Å²) in [6.07, 6.45) is 0.740. The molecule has 0 aliphatic carbocycles. The highest BCUT2D eigenvalue weighted by molar-refractivity contribution is 9.10. The van der Waals surface area contributed by atoms with E-state index in [4.69, 9.17) is 23.2 Å². The molecule has 0 saturated heterocycles. The Balaban J connectivity index is 2.30. The summed E-state index contributed by atoms with van der Waals surface area (Å²) < 4.78 is 2.51. The molecule has 1 heterocycles. The van der Waals surface area contributed by atoms with Crippen LogP contribution in [0.2, 0.25) is 10.0 Å². The zero-order valence-electron chi connectivity index (χ0n) is 11.2. The number of benzene rings is 1. The molecule has 2 rings (SSSR count). The molecule has 1 aromatic heterocycles. The van der Waals surface area contributed by atoms with Crippen LogP contribution in [0.5, 0.6) is 0 Å². The molecule has 7 heteroatoms. The number of rotatable bonds is 5. The second-order valence-corrected chi connectivity index (χ2v) is 6.03. The highest BCUT2D eigenvalue weighted by Crippen LogP contribution is 2.28. The molecule has 1 aromatic carbocycles. The second kappa shape index (κ2) is 6.89. The van der Waals surface area contributed by atoms with Gasteiger partial charge in [0.15, 0.2) is 4.60 Å². The average Bonchev–Trinajstić information content (AvgIpc) is 2.72. The van der Waals surface area contributed by atoms with Crippen molar-refractivity contribution in [3.05, 3.63) is 44.1 Å². The Kier molecular flexibility index (Phi) is 5.43. The van der Waals surface area contributed by atoms with Gasteiger partial charge in [-0.15, -0.1) is 5.10 Å². The molecule has 0 aliphatic heterocycles. The van der Waals surface area contributed by atoms with Crippen molar-refractivity contribution in [3.63, 3.8) is 0 Å². The normalized spacial score (nSPS) is 12.7. The molecule has 0 fully saturated rings. The first-order valence-corrected chi connectivity index (χ1v) is 7.80. The van der Waals surface area contributed by atoms with Crippen LogP contribution in [0.15, 0.2) is 22.8 Å². The predicted octanol–water partition coefficient (Wildman–Crippen LogP) is 3.78. The van der Waals surface area contributed by atoms with Gasteiger partial charge in [0.25, 0.3) is 0 Å². The zero-order valence-corrected chi connectivity index (χ0v) is 14.3. The van der Waals surface area contributed by atoms with Gasteiger partial charge < -0.3 is 5.32 Å². The topological polar surface area (TPSA) is 42.7 Å². The summed E-state index contributed by atoms with van der Waals surface area (Å²) in [7, 11) is 1.88. The smallest absolute Gasteiger partial charge is 0.153 e. The summed E-state index contributed by atoms with van der Waals surface area (Å²) in [5.74, 6) is 0. The van der Waals surface area contributed by atoms with Crippen LogP contribution in [0.25, 0.3) is 0 Å². The van der Waals surface area contributed by atoms with E-state index >= 15 is 0 Å². The fourth-order valence-electron chi connectivity index (χ4n) is 2.13. The maximum atomic E-state index is 6.25. The van der Waals surface area contributed by atoms with Gasteiger partial charge in [0.2, 0.25) is 0 Å². The van der Waals surface area contributed by atoms with Crippen LogP contribution in [0, 0.1) is 0 Å². The fraction of sp³-hybridized carbons (Fsp3) is 0.385. The molecule has 108 valence electrons. The summed E-state index contributed by atoms with van der Waals surface area (Å²) in [5, 5.41) is 12.8. The predicted molar refractivity (Wildman–Crippen MR) is 85.3 cm³/mol. The molecule has 0 radical (unpaired) electrons. The molecule has 2 aromatic rings. The van der Waals surface area contributed by atoms with Crippen molar-refractivity contribution < 1.29 is 0 Å². The third-order valence-electron chi connectivity index (χ3n) is 3.05. The van der Waals surface area contributed by atoms with Crippen molar-refractivity contribution >= 4 is 39.1 Å². The van der Waals surface area contributed by atoms with Crippen LogP contribution in [0.1, 0.15) is 24.2 Å². The van der Waals surface area contributed by atoms with Crippen molar-refractivity contribution in [2.45, 2.75) is 19.4 Å². The van der Waals surface area contributed by atoms with E-state index in [0.717, 1.165) is 28.8 Å². The van der Waals surface area contributed by atoms with E-state index in [0.29, 0.717) is 10.0 Å². The van der Waals surface area contributed by atoms with Crippen LogP contribution in [0.4, 0.5) is 0 Å². The van der Waals surface area contributed by atoms with E-state index < -0.39 is 0 Å². The van der Waals surface area contributed by atoms with E-state index in [1.54, 1.807) is 10.7 Å². The minimum absolute atomic E-state index is 0.0769. The van der Waals surface area contributed by atoms with Crippen LogP contribution >= 0.6 is 39.1 Å². The van der Waals surface area contributed by atoms with Gasteiger partial charge in [-0.1, -0.05) is 41.4 Å². The van der Waals surface area contributed by atoms with Crippen molar-refractivity contribution in [2.75, 3.05) is 6.54 Å². The van der Waals surface area contributed by atoms with E-state index in [2.05, 4.69) is 38.5 Å². The first-order valence-electron chi connectivity index (χ1n) is 6.25. The van der Waals surface area contributed by atoms with Crippen molar-refractivity contribution in [3.8, 4) is 0 Å². The summed E-state index contributed by atoms with van der Waals surface area (Å²) in [6.45, 7) is 2.90. The number of nitrogens with zero attached hydrogens (tertiary/aromatic N) is 3. The van der Waals surface area contributed by atoms with Crippen LogP contribution in [0.3, 0.4) is 0 Å². The number of nitrogens with one attached hydrogen (secondary N) is 1. The van der Waals surface area contributed by atoms with Crippen molar-refractivity contribution in [2.24, 2.45) is 7.05 Å². The number of likely N-dealkylation sites (N-methyl/N-ethyl adjacent to an activating group) is 1. The SMILES string of the molecule is CCNC(Cc1ccc(Cl)cc1Cl)c1c(Br)nnn1C. The van der Waals surface area contributed by atoms with Crippen LogP contribution in [-0.4, -0.2) is 21.5 Å². The number of halogens is 3. The van der Waals surface area contributed by atoms with Crippen LogP contribution < -0.4 is 5.32 Å². The standard InChI is InChI=1S/C13H15BrCl2N4/c1-3-17-11(12-13(14)18-19-20(12)2)6-8-4-5-9(15)7-10(8)16/h4-5,7,11,17H,3,6H2,1-2H3. The third kappa shape index (κ3) is 3.52. The van der Waals surface area contributed by atoms with Gasteiger partial charge in [-0.3, -0.25) is 0 Å². The highest BCUT2D eigenvalue weighted by Gasteiger charge is 2.20. The summed E-state index contributed by atoms with van der Waals surface area (Å²) in [5.41, 5.74) is 2.04. The van der Waals surface area contributed by atoms with Gasteiger partial charge in [-0.2, -0.15) is 0 Å². The minimum Gasteiger partial charge on any atom is -0.309 e. The zero-order chi connectivity index (χ0) is 14.7. The van der Waals surface area contributed by atoms with Gasteiger partial charge in [0.05, 0.1) is 11.7 Å². The highest BCUT2D eigenvalue weighted by atomic mass is 79.9. The molecular weight excluding hydrogens is 363 g/mol. The van der Waals surface area contributed by atoms with E-state index in [-0.39, 0.29) is 6.04 Å². The summed E-state index contributed by atoms with van der Waals surface area (Å²) >= 11 is 15.6. The lowest BCUT2D eigenvalue weighted by Gasteiger charge is -2.19. The Morgan fingerprint density at radius 2 is 2.15 bits per heavy atom. The lowest BCUT2D eigenvalue weighted by atomic mass is 10.0. The van der Waals surface area contributed by atoms with E-state index in [1.807, 2.05) is 19.2 Å². The molecule has 0 saturated carbocycles. The quantitative estimate of drug-likeness (QED) is 0.862. The lowest BCUT2D eigenvalue weighted by Crippen LogP contribution is -2.25. The van der Waals surface area contributed by atoms with Crippen LogP contribution in [-0.2, 0) is 13.5 Å². The Morgan fingerprint density at radius 1 is 1.40 bits per heavy atom. The molecule has 1 unspecified atom stereocenters. The molecule has 0 bridgehead atoms. The molecule has 4 nitrogen and oxygen atoms in total. The number of aryl methyl sites for hydroxylation is 1. The Labute approximate surface area is 136 Å². The molecule has 1 atom stereocenters. The average molecular weight is 378 g/mol. The Bertz CT molecular complexity index is 581. The Morgan fingerprint density at radius 3 is 2.70 bits per heavy atom. The van der Waals surface area contributed by atoms with Gasteiger partial charge in [0.1, 0.15) is 0 Å². The van der Waals surface area contributed by atoms with Gasteiger partial charge in [-0.25, -0.2) is 4.68 Å².